The second kappa shape index (κ2) is 5.33. The molecule has 0 aliphatic heterocycles. The summed E-state index contributed by atoms with van der Waals surface area (Å²) in [7, 11) is 0. The summed E-state index contributed by atoms with van der Waals surface area (Å²) in [5.41, 5.74) is 2.34. The smallest absolute Gasteiger partial charge is 0.277 e. The lowest BCUT2D eigenvalue weighted by Crippen LogP contribution is -2.23. The molecule has 0 saturated heterocycles. The van der Waals surface area contributed by atoms with Gasteiger partial charge >= 0.3 is 0 Å². The molecule has 0 saturated carbocycles. The molecular weight excluding hydrogens is 288 g/mol. The van der Waals surface area contributed by atoms with Gasteiger partial charge in [0.05, 0.1) is 5.69 Å². The zero-order valence-corrected chi connectivity index (χ0v) is 12.6. The summed E-state index contributed by atoms with van der Waals surface area (Å²) in [5, 5.41) is 3.46. The van der Waals surface area contributed by atoms with E-state index in [9.17, 15) is 4.79 Å². The Morgan fingerprint density at radius 3 is 2.90 bits per heavy atom. The van der Waals surface area contributed by atoms with Gasteiger partial charge in [-0.1, -0.05) is 37.6 Å². The summed E-state index contributed by atoms with van der Waals surface area (Å²) < 4.78 is 1.37. The van der Waals surface area contributed by atoms with Gasteiger partial charge in [-0.2, -0.15) is 4.52 Å². The second-order valence-corrected chi connectivity index (χ2v) is 5.70. The number of aromatic nitrogens is 4. The van der Waals surface area contributed by atoms with E-state index in [0.29, 0.717) is 22.8 Å². The Balaban J connectivity index is 2.18. The number of fused-ring (bicyclic) bond motifs is 1. The van der Waals surface area contributed by atoms with Gasteiger partial charge in [0, 0.05) is 17.0 Å². The van der Waals surface area contributed by atoms with Gasteiger partial charge in [0.2, 0.25) is 0 Å². The summed E-state index contributed by atoms with van der Waals surface area (Å²) in [5.74, 6) is 0.548. The summed E-state index contributed by atoms with van der Waals surface area (Å²) in [6.45, 7) is 4.04. The Hall–Kier alpha value is -2.14. The molecule has 0 unspecified atom stereocenters. The Bertz CT molecular complexity index is 850. The van der Waals surface area contributed by atoms with Crippen LogP contribution in [-0.2, 0) is 6.42 Å². The Labute approximate surface area is 126 Å². The van der Waals surface area contributed by atoms with E-state index in [-0.39, 0.29) is 11.5 Å². The monoisotopic (exact) mass is 302 g/mol. The van der Waals surface area contributed by atoms with Gasteiger partial charge < -0.3 is 0 Å². The molecule has 2 heterocycles. The molecule has 1 N–H and O–H groups in total. The molecule has 3 rings (SSSR count). The van der Waals surface area contributed by atoms with Crippen LogP contribution in [0.15, 0.2) is 35.4 Å². The van der Waals surface area contributed by atoms with Crippen LogP contribution in [0.5, 0.6) is 0 Å². The fraction of sp³-hybridized carbons (Fsp3) is 0.267. The van der Waals surface area contributed by atoms with E-state index in [1.807, 2.05) is 38.1 Å². The topological polar surface area (TPSA) is 63.1 Å². The van der Waals surface area contributed by atoms with Crippen molar-refractivity contribution in [3.8, 4) is 0 Å². The average Bonchev–Trinajstić information content (AvgIpc) is 2.90. The first-order chi connectivity index (χ1) is 10.1. The van der Waals surface area contributed by atoms with Crippen LogP contribution >= 0.6 is 11.6 Å². The normalized spacial score (nSPS) is 11.4. The number of benzene rings is 1. The van der Waals surface area contributed by atoms with Gasteiger partial charge in [0.1, 0.15) is 6.33 Å². The lowest BCUT2D eigenvalue weighted by atomic mass is 9.99. The standard InChI is InChI=1S/C15H15ClN4O/c1-9(2)13-12(7-10-4-3-5-11(16)6-10)14(21)20-15(19-13)17-8-18-20/h3-6,8-9H,7H2,1-2H3,(H,17,18,19). The molecule has 0 bridgehead atoms. The third-order valence-electron chi connectivity index (χ3n) is 3.37. The maximum absolute atomic E-state index is 12.6. The van der Waals surface area contributed by atoms with Crippen molar-refractivity contribution in [2.45, 2.75) is 26.2 Å². The summed E-state index contributed by atoms with van der Waals surface area (Å²) in [4.78, 5) is 21.2. The summed E-state index contributed by atoms with van der Waals surface area (Å²) in [6.07, 6.45) is 1.97. The van der Waals surface area contributed by atoms with E-state index in [2.05, 4.69) is 15.1 Å². The predicted molar refractivity (Wildman–Crippen MR) is 82.0 cm³/mol. The molecule has 0 fully saturated rings. The summed E-state index contributed by atoms with van der Waals surface area (Å²) >= 11 is 6.02. The maximum Gasteiger partial charge on any atom is 0.277 e. The molecule has 0 atom stereocenters. The van der Waals surface area contributed by atoms with Crippen LogP contribution in [0.25, 0.3) is 5.78 Å². The number of nitrogens with one attached hydrogen (secondary N) is 1. The van der Waals surface area contributed by atoms with Crippen molar-refractivity contribution in [2.75, 3.05) is 0 Å². The molecule has 0 radical (unpaired) electrons. The van der Waals surface area contributed by atoms with Crippen molar-refractivity contribution in [3.05, 3.63) is 62.8 Å². The van der Waals surface area contributed by atoms with Crippen molar-refractivity contribution < 1.29 is 0 Å². The molecule has 6 heteroatoms. The predicted octanol–water partition coefficient (Wildman–Crippen LogP) is 2.79. The maximum atomic E-state index is 12.6. The molecule has 1 aromatic carbocycles. The van der Waals surface area contributed by atoms with Crippen molar-refractivity contribution in [1.82, 2.24) is 19.6 Å². The van der Waals surface area contributed by atoms with Crippen molar-refractivity contribution in [2.24, 2.45) is 0 Å². The van der Waals surface area contributed by atoms with Crippen molar-refractivity contribution >= 4 is 17.4 Å². The van der Waals surface area contributed by atoms with Gasteiger partial charge in [-0.15, -0.1) is 0 Å². The first-order valence-corrected chi connectivity index (χ1v) is 7.13. The third-order valence-corrected chi connectivity index (χ3v) is 3.61. The van der Waals surface area contributed by atoms with Gasteiger partial charge in [0.25, 0.3) is 11.3 Å². The van der Waals surface area contributed by atoms with E-state index >= 15 is 0 Å². The largest absolute Gasteiger partial charge is 0.278 e. The van der Waals surface area contributed by atoms with Crippen LogP contribution in [0, 0.1) is 0 Å². The highest BCUT2D eigenvalue weighted by Gasteiger charge is 2.17. The van der Waals surface area contributed by atoms with E-state index in [4.69, 9.17) is 11.6 Å². The molecule has 2 aromatic heterocycles. The number of rotatable bonds is 3. The third kappa shape index (κ3) is 2.56. The van der Waals surface area contributed by atoms with Crippen molar-refractivity contribution in [3.63, 3.8) is 0 Å². The zero-order valence-electron chi connectivity index (χ0n) is 11.8. The quantitative estimate of drug-likeness (QED) is 0.809. The highest BCUT2D eigenvalue weighted by molar-refractivity contribution is 6.30. The molecule has 0 spiro atoms. The highest BCUT2D eigenvalue weighted by Crippen LogP contribution is 2.19. The Morgan fingerprint density at radius 2 is 2.19 bits per heavy atom. The van der Waals surface area contributed by atoms with Crippen molar-refractivity contribution in [1.29, 1.82) is 0 Å². The number of halogens is 1. The zero-order chi connectivity index (χ0) is 15.0. The minimum Gasteiger partial charge on any atom is -0.278 e. The number of nitrogens with zero attached hydrogens (tertiary/aromatic N) is 3. The van der Waals surface area contributed by atoms with Gasteiger partial charge in [-0.05, 0) is 23.6 Å². The van der Waals surface area contributed by atoms with Crippen LogP contribution < -0.4 is 5.56 Å². The van der Waals surface area contributed by atoms with Crippen LogP contribution in [0.1, 0.15) is 36.6 Å². The van der Waals surface area contributed by atoms with Crippen LogP contribution in [0.3, 0.4) is 0 Å². The van der Waals surface area contributed by atoms with E-state index in [0.717, 1.165) is 11.3 Å². The molecule has 108 valence electrons. The Kier molecular flexibility index (Phi) is 3.51. The lowest BCUT2D eigenvalue weighted by molar-refractivity contribution is 0.768. The fourth-order valence-electron chi connectivity index (χ4n) is 2.40. The molecule has 0 aliphatic carbocycles. The number of hydrogen-bond acceptors (Lipinski definition) is 3. The van der Waals surface area contributed by atoms with Crippen LogP contribution in [0.2, 0.25) is 5.02 Å². The van der Waals surface area contributed by atoms with Gasteiger partial charge in [-0.25, -0.2) is 9.97 Å². The average molecular weight is 303 g/mol. The molecule has 0 amide bonds. The lowest BCUT2D eigenvalue weighted by Gasteiger charge is -2.11. The van der Waals surface area contributed by atoms with E-state index in [1.165, 1.54) is 10.8 Å². The van der Waals surface area contributed by atoms with Crippen LogP contribution in [0.4, 0.5) is 0 Å². The van der Waals surface area contributed by atoms with Crippen LogP contribution in [-0.4, -0.2) is 19.6 Å². The fourth-order valence-corrected chi connectivity index (χ4v) is 2.62. The SMILES string of the molecule is CC(C)c1nc2nc[nH]n2c(=O)c1Cc1cccc(Cl)c1. The molecule has 21 heavy (non-hydrogen) atoms. The molecule has 3 aromatic rings. The highest BCUT2D eigenvalue weighted by atomic mass is 35.5. The molecule has 0 aliphatic rings. The van der Waals surface area contributed by atoms with Gasteiger partial charge in [0.15, 0.2) is 0 Å². The molecular formula is C15H15ClN4O. The first kappa shape index (κ1) is 13.8. The minimum absolute atomic E-state index is 0.110. The number of aromatic amines is 1. The second-order valence-electron chi connectivity index (χ2n) is 5.26. The number of H-pyrrole nitrogens is 1. The van der Waals surface area contributed by atoms with Gasteiger partial charge in [-0.3, -0.25) is 9.89 Å². The Morgan fingerprint density at radius 1 is 1.38 bits per heavy atom. The minimum atomic E-state index is -0.110. The summed E-state index contributed by atoms with van der Waals surface area (Å²) in [6, 6.07) is 7.52. The number of hydrogen-bond donors (Lipinski definition) is 1. The van der Waals surface area contributed by atoms with E-state index < -0.39 is 0 Å². The first-order valence-electron chi connectivity index (χ1n) is 6.75. The molecule has 5 nitrogen and oxygen atoms in total. The van der Waals surface area contributed by atoms with E-state index in [1.54, 1.807) is 0 Å².